The fourth-order valence-corrected chi connectivity index (χ4v) is 2.89. The molecule has 6 heteroatoms. The molecule has 0 aromatic heterocycles. The summed E-state index contributed by atoms with van der Waals surface area (Å²) in [5.74, 6) is -0.435. The van der Waals surface area contributed by atoms with Crippen molar-refractivity contribution in [1.82, 2.24) is 4.90 Å². The largest absolute Gasteiger partial charge is 0.416 e. The Morgan fingerprint density at radius 1 is 1.10 bits per heavy atom. The van der Waals surface area contributed by atoms with Crippen LogP contribution in [-0.4, -0.2) is 23.9 Å². The molecule has 1 atom stereocenters. The van der Waals surface area contributed by atoms with Crippen LogP contribution in [-0.2, 0) is 11.0 Å². The molecule has 0 saturated carbocycles. The Hall–Kier alpha value is -1.23. The van der Waals surface area contributed by atoms with Crippen molar-refractivity contribution in [1.29, 1.82) is 0 Å². The quantitative estimate of drug-likeness (QED) is 0.740. The summed E-state index contributed by atoms with van der Waals surface area (Å²) in [6, 6.07) is 5.00. The van der Waals surface area contributed by atoms with E-state index in [9.17, 15) is 18.0 Å². The molecule has 1 heterocycles. The maximum Gasteiger partial charge on any atom is 0.416 e. The Balaban J connectivity index is 2.23. The Kier molecular flexibility index (Phi) is 5.14. The number of carbonyl (C=O) groups excluding carboxylic acids is 1. The molecule has 1 aromatic carbocycles. The molecule has 21 heavy (non-hydrogen) atoms. The molecular formula is C15H17ClF3NO. The molecule has 1 aromatic rings. The molecule has 1 unspecified atom stereocenters. The van der Waals surface area contributed by atoms with Gasteiger partial charge in [-0.2, -0.15) is 13.2 Å². The van der Waals surface area contributed by atoms with E-state index in [-0.39, 0.29) is 5.56 Å². The Labute approximate surface area is 126 Å². The van der Waals surface area contributed by atoms with Gasteiger partial charge in [0.2, 0.25) is 5.91 Å². The maximum atomic E-state index is 13.0. The molecule has 0 bridgehead atoms. The molecule has 1 aliphatic rings. The van der Waals surface area contributed by atoms with E-state index in [1.165, 1.54) is 18.2 Å². The fourth-order valence-electron chi connectivity index (χ4n) is 2.56. The number of benzene rings is 1. The highest BCUT2D eigenvalue weighted by Gasteiger charge is 2.37. The first kappa shape index (κ1) is 16.1. The highest BCUT2D eigenvalue weighted by atomic mass is 35.5. The Morgan fingerprint density at radius 3 is 2.24 bits per heavy atom. The normalized spacial score (nSPS) is 18.2. The van der Waals surface area contributed by atoms with Gasteiger partial charge >= 0.3 is 6.18 Å². The zero-order chi connectivity index (χ0) is 15.5. The van der Waals surface area contributed by atoms with E-state index in [2.05, 4.69) is 0 Å². The lowest BCUT2D eigenvalue weighted by molar-refractivity contribution is -0.138. The van der Waals surface area contributed by atoms with Crippen LogP contribution in [0.4, 0.5) is 13.2 Å². The summed E-state index contributed by atoms with van der Waals surface area (Å²) in [4.78, 5) is 13.9. The van der Waals surface area contributed by atoms with E-state index < -0.39 is 23.0 Å². The van der Waals surface area contributed by atoms with Crippen LogP contribution in [0.5, 0.6) is 0 Å². The number of hydrogen-bond acceptors (Lipinski definition) is 1. The first-order chi connectivity index (χ1) is 9.91. The monoisotopic (exact) mass is 319 g/mol. The fraction of sp³-hybridized carbons (Fsp3) is 0.533. The van der Waals surface area contributed by atoms with Gasteiger partial charge in [-0.1, -0.05) is 31.0 Å². The van der Waals surface area contributed by atoms with Gasteiger partial charge in [0.1, 0.15) is 5.38 Å². The number of rotatable bonds is 2. The Bertz CT molecular complexity index is 496. The van der Waals surface area contributed by atoms with E-state index in [0.29, 0.717) is 13.1 Å². The second-order valence-corrected chi connectivity index (χ2v) is 5.62. The van der Waals surface area contributed by atoms with Crippen molar-refractivity contribution >= 4 is 17.5 Å². The average molecular weight is 320 g/mol. The first-order valence-corrected chi connectivity index (χ1v) is 7.44. The summed E-state index contributed by atoms with van der Waals surface area (Å²) in [5.41, 5.74) is -1.01. The predicted octanol–water partition coefficient (Wildman–Crippen LogP) is 4.39. The summed E-state index contributed by atoms with van der Waals surface area (Å²) >= 11 is 6.06. The van der Waals surface area contributed by atoms with Gasteiger partial charge in [-0.25, -0.2) is 0 Å². The second-order valence-electron chi connectivity index (χ2n) is 5.19. The second kappa shape index (κ2) is 6.69. The zero-order valence-corrected chi connectivity index (χ0v) is 12.3. The molecule has 0 radical (unpaired) electrons. The number of halogens is 4. The molecular weight excluding hydrogens is 303 g/mol. The highest BCUT2D eigenvalue weighted by Crippen LogP contribution is 2.37. The SMILES string of the molecule is O=C(C(Cl)c1ccccc1C(F)(F)F)N1CCCCCC1. The van der Waals surface area contributed by atoms with Gasteiger partial charge in [-0.3, -0.25) is 4.79 Å². The number of hydrogen-bond donors (Lipinski definition) is 0. The molecule has 2 rings (SSSR count). The van der Waals surface area contributed by atoms with Crippen LogP contribution in [0.1, 0.15) is 42.2 Å². The zero-order valence-electron chi connectivity index (χ0n) is 11.5. The lowest BCUT2D eigenvalue weighted by Gasteiger charge is -2.24. The third kappa shape index (κ3) is 3.90. The molecule has 116 valence electrons. The lowest BCUT2D eigenvalue weighted by Crippen LogP contribution is -2.34. The van der Waals surface area contributed by atoms with Crippen LogP contribution in [0.15, 0.2) is 24.3 Å². The van der Waals surface area contributed by atoms with Crippen molar-refractivity contribution < 1.29 is 18.0 Å². The average Bonchev–Trinajstić information content (AvgIpc) is 2.74. The summed E-state index contributed by atoms with van der Waals surface area (Å²) in [6.45, 7) is 1.13. The van der Waals surface area contributed by atoms with Crippen molar-refractivity contribution in [2.45, 2.75) is 37.2 Å². The van der Waals surface area contributed by atoms with Gasteiger partial charge in [0, 0.05) is 13.1 Å². The molecule has 0 N–H and O–H groups in total. The molecule has 1 amide bonds. The number of amides is 1. The molecule has 0 aliphatic carbocycles. The standard InChI is InChI=1S/C15H17ClF3NO/c16-13(14(21)20-9-5-1-2-6-10-20)11-7-3-4-8-12(11)15(17,18)19/h3-4,7-8,13H,1-2,5-6,9-10H2. The molecule has 1 fully saturated rings. The number of carbonyl (C=O) groups is 1. The van der Waals surface area contributed by atoms with Crippen LogP contribution < -0.4 is 0 Å². The van der Waals surface area contributed by atoms with E-state index in [1.54, 1.807) is 4.90 Å². The third-order valence-electron chi connectivity index (χ3n) is 3.67. The van der Waals surface area contributed by atoms with Gasteiger partial charge in [-0.05, 0) is 24.5 Å². The lowest BCUT2D eigenvalue weighted by atomic mass is 10.0. The van der Waals surface area contributed by atoms with Crippen LogP contribution in [0.2, 0.25) is 0 Å². The topological polar surface area (TPSA) is 20.3 Å². The molecule has 0 spiro atoms. The van der Waals surface area contributed by atoms with Gasteiger partial charge in [-0.15, -0.1) is 11.6 Å². The number of alkyl halides is 4. The molecule has 2 nitrogen and oxygen atoms in total. The van der Waals surface area contributed by atoms with Crippen molar-refractivity contribution in [3.05, 3.63) is 35.4 Å². The third-order valence-corrected chi connectivity index (χ3v) is 4.10. The van der Waals surface area contributed by atoms with Gasteiger partial charge in [0.25, 0.3) is 0 Å². The summed E-state index contributed by atoms with van der Waals surface area (Å²) in [7, 11) is 0. The van der Waals surface area contributed by atoms with E-state index in [4.69, 9.17) is 11.6 Å². The van der Waals surface area contributed by atoms with Gasteiger partial charge in [0.05, 0.1) is 5.56 Å². The van der Waals surface area contributed by atoms with Gasteiger partial charge < -0.3 is 4.90 Å². The van der Waals surface area contributed by atoms with Crippen LogP contribution in [0, 0.1) is 0 Å². The highest BCUT2D eigenvalue weighted by molar-refractivity contribution is 6.30. The minimum Gasteiger partial charge on any atom is -0.341 e. The Morgan fingerprint density at radius 2 is 1.67 bits per heavy atom. The summed E-state index contributed by atoms with van der Waals surface area (Å²) in [6.07, 6.45) is -0.693. The molecule has 1 aliphatic heterocycles. The molecule has 1 saturated heterocycles. The van der Waals surface area contributed by atoms with Crippen LogP contribution in [0.25, 0.3) is 0 Å². The van der Waals surface area contributed by atoms with E-state index in [1.807, 2.05) is 0 Å². The van der Waals surface area contributed by atoms with Crippen molar-refractivity contribution in [2.24, 2.45) is 0 Å². The van der Waals surface area contributed by atoms with Crippen molar-refractivity contribution in [2.75, 3.05) is 13.1 Å². The minimum absolute atomic E-state index is 0.166. The van der Waals surface area contributed by atoms with Gasteiger partial charge in [0.15, 0.2) is 0 Å². The number of nitrogens with zero attached hydrogens (tertiary/aromatic N) is 1. The van der Waals surface area contributed by atoms with Crippen molar-refractivity contribution in [3.8, 4) is 0 Å². The minimum atomic E-state index is -4.51. The van der Waals surface area contributed by atoms with E-state index >= 15 is 0 Å². The number of likely N-dealkylation sites (tertiary alicyclic amines) is 1. The maximum absolute atomic E-state index is 13.0. The smallest absolute Gasteiger partial charge is 0.341 e. The predicted molar refractivity (Wildman–Crippen MR) is 75.1 cm³/mol. The summed E-state index contributed by atoms with van der Waals surface area (Å²) < 4.78 is 39.0. The van der Waals surface area contributed by atoms with Crippen molar-refractivity contribution in [3.63, 3.8) is 0 Å². The van der Waals surface area contributed by atoms with Crippen LogP contribution >= 0.6 is 11.6 Å². The summed E-state index contributed by atoms with van der Waals surface area (Å²) in [5, 5.41) is -1.29. The van der Waals surface area contributed by atoms with E-state index in [0.717, 1.165) is 31.7 Å². The van der Waals surface area contributed by atoms with Crippen LogP contribution in [0.3, 0.4) is 0 Å². The first-order valence-electron chi connectivity index (χ1n) is 7.00.